The molecule has 0 spiro atoms. The number of phenols is 1. The zero-order valence-electron chi connectivity index (χ0n) is 6.04. The van der Waals surface area contributed by atoms with Crippen LogP contribution in [0.4, 0.5) is 0 Å². The average molecular weight is 150 g/mol. The third-order valence-corrected chi connectivity index (χ3v) is 1.37. The molecule has 0 saturated heterocycles. The van der Waals surface area contributed by atoms with E-state index in [0.29, 0.717) is 12.0 Å². The van der Waals surface area contributed by atoms with Crippen LogP contribution in [0.2, 0.25) is 0 Å². The number of amidine groups is 1. The molecule has 0 fully saturated rings. The minimum absolute atomic E-state index is 0.0616. The lowest BCUT2D eigenvalue weighted by atomic mass is 10.1. The molecule has 58 valence electrons. The second kappa shape index (κ2) is 3.05. The van der Waals surface area contributed by atoms with E-state index in [0.717, 1.165) is 0 Å². The first-order chi connectivity index (χ1) is 5.20. The zero-order valence-corrected chi connectivity index (χ0v) is 6.04. The van der Waals surface area contributed by atoms with Crippen molar-refractivity contribution < 1.29 is 5.11 Å². The van der Waals surface area contributed by atoms with Crippen molar-refractivity contribution in [1.29, 1.82) is 5.41 Å². The first-order valence-electron chi connectivity index (χ1n) is 3.30. The van der Waals surface area contributed by atoms with Crippen LogP contribution in [0.5, 0.6) is 5.75 Å². The lowest BCUT2D eigenvalue weighted by Gasteiger charge is -2.00. The minimum atomic E-state index is 0.0616. The van der Waals surface area contributed by atoms with Gasteiger partial charge in [0.15, 0.2) is 0 Å². The quantitative estimate of drug-likeness (QED) is 0.432. The fourth-order valence-electron chi connectivity index (χ4n) is 0.865. The van der Waals surface area contributed by atoms with Crippen molar-refractivity contribution in [3.63, 3.8) is 0 Å². The Balaban J connectivity index is 2.86. The van der Waals surface area contributed by atoms with Crippen molar-refractivity contribution in [2.45, 2.75) is 6.42 Å². The smallest absolute Gasteiger partial charge is 0.119 e. The molecule has 0 aromatic heterocycles. The Hall–Kier alpha value is -1.51. The molecule has 0 atom stereocenters. The lowest BCUT2D eigenvalue weighted by Crippen LogP contribution is -2.12. The van der Waals surface area contributed by atoms with Gasteiger partial charge in [-0.2, -0.15) is 0 Å². The molecule has 0 aliphatic rings. The SMILES string of the molecule is N=C(N)Cc1ccccc1O. The van der Waals surface area contributed by atoms with Crippen LogP contribution >= 0.6 is 0 Å². The molecule has 0 unspecified atom stereocenters. The molecule has 0 aliphatic heterocycles. The molecular weight excluding hydrogens is 140 g/mol. The number of benzene rings is 1. The number of para-hydroxylation sites is 1. The highest BCUT2D eigenvalue weighted by molar-refractivity contribution is 5.80. The average Bonchev–Trinajstić information content (AvgIpc) is 1.93. The Morgan fingerprint density at radius 2 is 2.09 bits per heavy atom. The standard InChI is InChI=1S/C8H10N2O/c9-8(10)5-6-3-1-2-4-7(6)11/h1-4,11H,5H2,(H3,9,10). The summed E-state index contributed by atoms with van der Waals surface area (Å²) >= 11 is 0. The van der Waals surface area contributed by atoms with Crippen molar-refractivity contribution in [2.75, 3.05) is 0 Å². The second-order valence-corrected chi connectivity index (χ2v) is 2.33. The molecule has 4 N–H and O–H groups in total. The highest BCUT2D eigenvalue weighted by Gasteiger charge is 1.99. The minimum Gasteiger partial charge on any atom is -0.508 e. The van der Waals surface area contributed by atoms with Gasteiger partial charge in [-0.1, -0.05) is 18.2 Å². The van der Waals surface area contributed by atoms with E-state index in [1.54, 1.807) is 24.3 Å². The Kier molecular flexibility index (Phi) is 2.11. The van der Waals surface area contributed by atoms with Crippen LogP contribution in [0.25, 0.3) is 0 Å². The van der Waals surface area contributed by atoms with Gasteiger partial charge in [0.2, 0.25) is 0 Å². The predicted molar refractivity (Wildman–Crippen MR) is 43.7 cm³/mol. The summed E-state index contributed by atoms with van der Waals surface area (Å²) in [7, 11) is 0. The first kappa shape index (κ1) is 7.60. The van der Waals surface area contributed by atoms with Crippen molar-refractivity contribution in [3.8, 4) is 5.75 Å². The van der Waals surface area contributed by atoms with Crippen LogP contribution in [0.15, 0.2) is 24.3 Å². The first-order valence-corrected chi connectivity index (χ1v) is 3.30. The summed E-state index contributed by atoms with van der Waals surface area (Å²) < 4.78 is 0. The number of phenolic OH excluding ortho intramolecular Hbond substituents is 1. The van der Waals surface area contributed by atoms with Gasteiger partial charge in [-0.25, -0.2) is 0 Å². The summed E-state index contributed by atoms with van der Waals surface area (Å²) in [5.41, 5.74) is 5.86. The third kappa shape index (κ3) is 1.97. The Morgan fingerprint density at radius 1 is 1.45 bits per heavy atom. The molecule has 1 aromatic carbocycles. The van der Waals surface area contributed by atoms with Gasteiger partial charge in [-0.3, -0.25) is 5.41 Å². The number of hydrogen-bond acceptors (Lipinski definition) is 2. The van der Waals surface area contributed by atoms with Crippen LogP contribution in [0.1, 0.15) is 5.56 Å². The number of rotatable bonds is 2. The van der Waals surface area contributed by atoms with Crippen LogP contribution in [0, 0.1) is 5.41 Å². The molecule has 0 amide bonds. The summed E-state index contributed by atoms with van der Waals surface area (Å²) in [4.78, 5) is 0. The van der Waals surface area contributed by atoms with Gasteiger partial charge in [0.05, 0.1) is 5.84 Å². The van der Waals surface area contributed by atoms with Gasteiger partial charge in [0.25, 0.3) is 0 Å². The molecule has 1 rings (SSSR count). The summed E-state index contributed by atoms with van der Waals surface area (Å²) in [5.74, 6) is 0.259. The Bertz CT molecular complexity index is 271. The van der Waals surface area contributed by atoms with Gasteiger partial charge < -0.3 is 10.8 Å². The molecular formula is C8H10N2O. The number of nitrogens with one attached hydrogen (secondary N) is 1. The maximum absolute atomic E-state index is 9.21. The normalized spacial score (nSPS) is 9.45. The molecule has 0 saturated carbocycles. The van der Waals surface area contributed by atoms with E-state index in [1.165, 1.54) is 0 Å². The largest absolute Gasteiger partial charge is 0.508 e. The van der Waals surface area contributed by atoms with E-state index in [9.17, 15) is 5.11 Å². The number of nitrogens with two attached hydrogens (primary N) is 1. The van der Waals surface area contributed by atoms with Crippen molar-refractivity contribution in [1.82, 2.24) is 0 Å². The van der Waals surface area contributed by atoms with E-state index in [-0.39, 0.29) is 11.6 Å². The molecule has 11 heavy (non-hydrogen) atoms. The number of hydrogen-bond donors (Lipinski definition) is 3. The van der Waals surface area contributed by atoms with Crippen LogP contribution in [-0.4, -0.2) is 10.9 Å². The Morgan fingerprint density at radius 3 is 2.64 bits per heavy atom. The van der Waals surface area contributed by atoms with Gasteiger partial charge in [-0.05, 0) is 6.07 Å². The Labute approximate surface area is 65.0 Å². The van der Waals surface area contributed by atoms with E-state index in [2.05, 4.69) is 0 Å². The van der Waals surface area contributed by atoms with E-state index < -0.39 is 0 Å². The number of aromatic hydroxyl groups is 1. The van der Waals surface area contributed by atoms with Crippen LogP contribution < -0.4 is 5.73 Å². The van der Waals surface area contributed by atoms with E-state index in [1.807, 2.05) is 0 Å². The molecule has 3 nitrogen and oxygen atoms in total. The van der Waals surface area contributed by atoms with E-state index >= 15 is 0 Å². The van der Waals surface area contributed by atoms with Gasteiger partial charge in [0, 0.05) is 12.0 Å². The lowest BCUT2D eigenvalue weighted by molar-refractivity contribution is 0.470. The van der Waals surface area contributed by atoms with Crippen LogP contribution in [0.3, 0.4) is 0 Å². The van der Waals surface area contributed by atoms with E-state index in [4.69, 9.17) is 11.1 Å². The monoisotopic (exact) mass is 150 g/mol. The highest BCUT2D eigenvalue weighted by atomic mass is 16.3. The maximum atomic E-state index is 9.21. The summed E-state index contributed by atoms with van der Waals surface area (Å²) in [6.07, 6.45) is 0.312. The third-order valence-electron chi connectivity index (χ3n) is 1.37. The zero-order chi connectivity index (χ0) is 8.27. The van der Waals surface area contributed by atoms with Crippen molar-refractivity contribution >= 4 is 5.84 Å². The molecule has 0 heterocycles. The van der Waals surface area contributed by atoms with Gasteiger partial charge in [0.1, 0.15) is 5.75 Å². The van der Waals surface area contributed by atoms with Crippen molar-refractivity contribution in [3.05, 3.63) is 29.8 Å². The topological polar surface area (TPSA) is 70.1 Å². The van der Waals surface area contributed by atoms with Crippen LogP contribution in [-0.2, 0) is 6.42 Å². The second-order valence-electron chi connectivity index (χ2n) is 2.33. The highest BCUT2D eigenvalue weighted by Crippen LogP contribution is 2.15. The fourth-order valence-corrected chi connectivity index (χ4v) is 0.865. The molecule has 1 aromatic rings. The summed E-state index contributed by atoms with van der Waals surface area (Å²) in [6.45, 7) is 0. The molecule has 0 bridgehead atoms. The summed E-state index contributed by atoms with van der Waals surface area (Å²) in [6, 6.07) is 6.87. The van der Waals surface area contributed by atoms with Gasteiger partial charge >= 0.3 is 0 Å². The summed E-state index contributed by atoms with van der Waals surface area (Å²) in [5, 5.41) is 16.2. The molecule has 3 heteroatoms. The molecule has 0 radical (unpaired) electrons. The molecule has 0 aliphatic carbocycles. The van der Waals surface area contributed by atoms with Gasteiger partial charge in [-0.15, -0.1) is 0 Å². The van der Waals surface area contributed by atoms with Crippen molar-refractivity contribution in [2.24, 2.45) is 5.73 Å². The predicted octanol–water partition coefficient (Wildman–Crippen LogP) is 0.871. The maximum Gasteiger partial charge on any atom is 0.119 e. The fraction of sp³-hybridized carbons (Fsp3) is 0.125.